The first-order valence-corrected chi connectivity index (χ1v) is 8.62. The second kappa shape index (κ2) is 6.87. The molecule has 0 aliphatic carbocycles. The highest BCUT2D eigenvalue weighted by Crippen LogP contribution is 2.50. The van der Waals surface area contributed by atoms with Crippen molar-refractivity contribution in [2.45, 2.75) is 20.3 Å². The van der Waals surface area contributed by atoms with E-state index < -0.39 is 35.7 Å². The van der Waals surface area contributed by atoms with Gasteiger partial charge >= 0.3 is 5.97 Å². The molecule has 0 saturated carbocycles. The zero-order valence-electron chi connectivity index (χ0n) is 15.1. The quantitative estimate of drug-likeness (QED) is 0.466. The molecule has 2 heterocycles. The summed E-state index contributed by atoms with van der Waals surface area (Å²) in [4.78, 5) is 52.0. The third kappa shape index (κ3) is 2.77. The fourth-order valence-corrected chi connectivity index (χ4v) is 3.86. The monoisotopic (exact) mass is 366 g/mol. The van der Waals surface area contributed by atoms with Crippen molar-refractivity contribution in [2.75, 3.05) is 6.54 Å². The van der Waals surface area contributed by atoms with E-state index in [1.54, 1.807) is 26.0 Å². The SMILES string of the molecule is C/C=C1\C(=C/C)N(Bc2ccccc2)C(=O)C12CC(=O)N(CC(=O)O)C2=O. The first kappa shape index (κ1) is 18.6. The van der Waals surface area contributed by atoms with E-state index in [1.165, 1.54) is 4.81 Å². The van der Waals surface area contributed by atoms with Crippen LogP contribution in [0.1, 0.15) is 20.3 Å². The molecule has 2 saturated heterocycles. The van der Waals surface area contributed by atoms with Gasteiger partial charge < -0.3 is 9.92 Å². The number of hydrogen-bond acceptors (Lipinski definition) is 4. The highest BCUT2D eigenvalue weighted by Gasteiger charge is 2.64. The van der Waals surface area contributed by atoms with E-state index in [0.717, 1.165) is 5.46 Å². The molecule has 1 aromatic carbocycles. The molecule has 1 unspecified atom stereocenters. The summed E-state index contributed by atoms with van der Waals surface area (Å²) in [5.74, 6) is -3.19. The normalized spacial score (nSPS) is 25.3. The molecule has 3 amide bonds. The van der Waals surface area contributed by atoms with Crippen molar-refractivity contribution in [1.29, 1.82) is 0 Å². The van der Waals surface area contributed by atoms with Gasteiger partial charge in [-0.25, -0.2) is 0 Å². The smallest absolute Gasteiger partial charge is 0.323 e. The summed E-state index contributed by atoms with van der Waals surface area (Å²) in [5, 5.41) is 9.01. The highest BCUT2D eigenvalue weighted by molar-refractivity contribution is 6.55. The molecule has 27 heavy (non-hydrogen) atoms. The molecule has 0 aromatic heterocycles. The van der Waals surface area contributed by atoms with Gasteiger partial charge in [-0.1, -0.05) is 47.9 Å². The Morgan fingerprint density at radius 1 is 1.15 bits per heavy atom. The molecule has 2 fully saturated rings. The van der Waals surface area contributed by atoms with E-state index in [1.807, 2.05) is 30.3 Å². The number of allylic oxidation sites excluding steroid dienone is 3. The Bertz CT molecular complexity index is 893. The van der Waals surface area contributed by atoms with Gasteiger partial charge in [0.15, 0.2) is 5.41 Å². The number of likely N-dealkylation sites (tertiary alicyclic amines) is 1. The fraction of sp³-hybridized carbons (Fsp3) is 0.263. The Balaban J connectivity index is 2.06. The number of benzene rings is 1. The Labute approximate surface area is 157 Å². The average Bonchev–Trinajstić information content (AvgIpc) is 3.02. The minimum absolute atomic E-state index is 0.263. The van der Waals surface area contributed by atoms with E-state index >= 15 is 0 Å². The van der Waals surface area contributed by atoms with Crippen molar-refractivity contribution in [1.82, 2.24) is 9.71 Å². The number of carbonyl (C=O) groups excluding carboxylic acids is 3. The van der Waals surface area contributed by atoms with Crippen molar-refractivity contribution in [3.63, 3.8) is 0 Å². The van der Waals surface area contributed by atoms with Crippen LogP contribution in [0.15, 0.2) is 53.8 Å². The zero-order valence-corrected chi connectivity index (χ0v) is 15.1. The van der Waals surface area contributed by atoms with Crippen LogP contribution in [0.25, 0.3) is 0 Å². The molecule has 1 spiro atoms. The standard InChI is InChI=1S/C19H19BN2O5/c1-3-13-14(4-2)22(20-12-8-6-5-7-9-12)18(27)19(13)10-15(23)21(17(19)26)11-16(24)25/h3-9,20H,10-11H2,1-2H3,(H,24,25)/b13-3+,14-4+. The van der Waals surface area contributed by atoms with Crippen molar-refractivity contribution >= 4 is 36.6 Å². The van der Waals surface area contributed by atoms with Crippen molar-refractivity contribution < 1.29 is 24.3 Å². The van der Waals surface area contributed by atoms with Gasteiger partial charge in [-0.3, -0.25) is 24.1 Å². The van der Waals surface area contributed by atoms with E-state index in [-0.39, 0.29) is 13.8 Å². The first-order chi connectivity index (χ1) is 12.9. The predicted octanol–water partition coefficient (Wildman–Crippen LogP) is 0.186. The lowest BCUT2D eigenvalue weighted by Gasteiger charge is -2.21. The third-order valence-corrected chi connectivity index (χ3v) is 5.00. The number of carboxylic acids is 1. The van der Waals surface area contributed by atoms with Crippen LogP contribution in [0, 0.1) is 5.41 Å². The van der Waals surface area contributed by atoms with Crippen molar-refractivity contribution in [3.8, 4) is 0 Å². The minimum atomic E-state index is -1.67. The number of nitrogens with zero attached hydrogens (tertiary/aromatic N) is 2. The summed E-state index contributed by atoms with van der Waals surface area (Å²) in [5.41, 5.74) is 0.247. The van der Waals surface area contributed by atoms with Gasteiger partial charge in [0, 0.05) is 5.70 Å². The summed E-state index contributed by atoms with van der Waals surface area (Å²) in [6.07, 6.45) is 3.05. The zero-order chi connectivity index (χ0) is 19.8. The lowest BCUT2D eigenvalue weighted by Crippen LogP contribution is -2.45. The molecule has 1 aromatic rings. The minimum Gasteiger partial charge on any atom is -0.480 e. The van der Waals surface area contributed by atoms with Gasteiger partial charge in [-0.05, 0) is 19.4 Å². The molecular formula is C19H19BN2O5. The Hall–Kier alpha value is -3.16. The van der Waals surface area contributed by atoms with Crippen LogP contribution >= 0.6 is 0 Å². The molecule has 0 radical (unpaired) electrons. The third-order valence-electron chi connectivity index (χ3n) is 5.00. The molecule has 7 nitrogen and oxygen atoms in total. The van der Waals surface area contributed by atoms with Gasteiger partial charge in [0.2, 0.25) is 11.8 Å². The van der Waals surface area contributed by atoms with Gasteiger partial charge in [-0.2, -0.15) is 0 Å². The maximum absolute atomic E-state index is 13.4. The topological polar surface area (TPSA) is 95.0 Å². The number of imide groups is 1. The van der Waals surface area contributed by atoms with E-state index in [4.69, 9.17) is 5.11 Å². The fourth-order valence-electron chi connectivity index (χ4n) is 3.86. The van der Waals surface area contributed by atoms with E-state index in [2.05, 4.69) is 0 Å². The maximum atomic E-state index is 13.4. The van der Waals surface area contributed by atoms with Crippen LogP contribution in [-0.4, -0.2) is 52.5 Å². The number of aliphatic carboxylic acids is 1. The highest BCUT2D eigenvalue weighted by atomic mass is 16.4. The van der Waals surface area contributed by atoms with Gasteiger partial charge in [-0.15, -0.1) is 0 Å². The van der Waals surface area contributed by atoms with Crippen LogP contribution in [0.5, 0.6) is 0 Å². The van der Waals surface area contributed by atoms with E-state index in [0.29, 0.717) is 16.2 Å². The second-order valence-electron chi connectivity index (χ2n) is 6.51. The molecule has 1 N–H and O–H groups in total. The summed E-state index contributed by atoms with van der Waals surface area (Å²) in [6.45, 7) is 2.73. The maximum Gasteiger partial charge on any atom is 0.323 e. The molecule has 2 aliphatic heterocycles. The average molecular weight is 366 g/mol. The predicted molar refractivity (Wildman–Crippen MR) is 99.0 cm³/mol. The molecule has 1 atom stereocenters. The van der Waals surface area contributed by atoms with E-state index in [9.17, 15) is 19.2 Å². The number of hydrogen-bond donors (Lipinski definition) is 1. The van der Waals surface area contributed by atoms with Gasteiger partial charge in [0.25, 0.3) is 13.3 Å². The molecular weight excluding hydrogens is 347 g/mol. The van der Waals surface area contributed by atoms with Crippen LogP contribution in [0.2, 0.25) is 0 Å². The summed E-state index contributed by atoms with van der Waals surface area (Å²) >= 11 is 0. The molecule has 8 heteroatoms. The van der Waals surface area contributed by atoms with Crippen molar-refractivity contribution in [2.24, 2.45) is 5.41 Å². The summed E-state index contributed by atoms with van der Waals surface area (Å²) in [6, 6.07) is 9.33. The Morgan fingerprint density at radius 3 is 2.37 bits per heavy atom. The van der Waals surface area contributed by atoms with Gasteiger partial charge in [0.1, 0.15) is 6.54 Å². The van der Waals surface area contributed by atoms with Crippen LogP contribution in [0.4, 0.5) is 0 Å². The summed E-state index contributed by atoms with van der Waals surface area (Å²) in [7, 11) is 0.263. The number of amides is 3. The molecule has 2 aliphatic rings. The Morgan fingerprint density at radius 2 is 1.81 bits per heavy atom. The van der Waals surface area contributed by atoms with Crippen molar-refractivity contribution in [3.05, 3.63) is 53.8 Å². The lowest BCUT2D eigenvalue weighted by molar-refractivity contribution is -0.151. The van der Waals surface area contributed by atoms with Gasteiger partial charge in [0.05, 0.1) is 6.42 Å². The number of carboxylic acid groups (broad SMARTS) is 1. The van der Waals surface area contributed by atoms with Crippen LogP contribution in [-0.2, 0) is 19.2 Å². The lowest BCUT2D eigenvalue weighted by atomic mass is 9.78. The van der Waals surface area contributed by atoms with Crippen LogP contribution < -0.4 is 5.46 Å². The summed E-state index contributed by atoms with van der Waals surface area (Å²) < 4.78 is 0. The second-order valence-corrected chi connectivity index (χ2v) is 6.51. The molecule has 138 valence electrons. The molecule has 3 rings (SSSR count). The number of rotatable bonds is 4. The number of carbonyl (C=O) groups is 4. The Kier molecular flexibility index (Phi) is 4.74. The largest absolute Gasteiger partial charge is 0.480 e. The first-order valence-electron chi connectivity index (χ1n) is 8.62. The molecule has 0 bridgehead atoms. The van der Waals surface area contributed by atoms with Crippen LogP contribution in [0.3, 0.4) is 0 Å².